The number of fused-ring (bicyclic) bond motifs is 1. The van der Waals surface area contributed by atoms with Crippen LogP contribution in [0, 0.1) is 0 Å². The van der Waals surface area contributed by atoms with E-state index in [1.54, 1.807) is 0 Å². The number of hydrogen-bond donors (Lipinski definition) is 1. The Bertz CT molecular complexity index is 1000. The highest BCUT2D eigenvalue weighted by atomic mass is 35.5. The Morgan fingerprint density at radius 3 is 2.76 bits per heavy atom. The Hall–Kier alpha value is -2.47. The molecule has 150 valence electrons. The zero-order valence-electron chi connectivity index (χ0n) is 16.2. The molecule has 1 aliphatic heterocycles. The summed E-state index contributed by atoms with van der Waals surface area (Å²) in [6.07, 6.45) is 0.913. The molecule has 0 atom stereocenters. The van der Waals surface area contributed by atoms with E-state index in [9.17, 15) is 4.79 Å². The van der Waals surface area contributed by atoms with Gasteiger partial charge in [0.15, 0.2) is 0 Å². The van der Waals surface area contributed by atoms with Gasteiger partial charge in [0.25, 0.3) is 5.91 Å². The SMILES string of the molecule is O=C(NCCCN1CCOCC1)c1cc(-c2cccc(Cl)c2)nc2ccccc12. The number of morpholine rings is 1. The monoisotopic (exact) mass is 409 g/mol. The van der Waals surface area contributed by atoms with Crippen molar-refractivity contribution in [3.05, 3.63) is 65.2 Å². The Balaban J connectivity index is 1.51. The van der Waals surface area contributed by atoms with Crippen molar-refractivity contribution in [1.29, 1.82) is 0 Å². The molecule has 2 aromatic carbocycles. The van der Waals surface area contributed by atoms with Crippen LogP contribution in [0.3, 0.4) is 0 Å². The highest BCUT2D eigenvalue weighted by Crippen LogP contribution is 2.26. The molecule has 1 fully saturated rings. The predicted octanol–water partition coefficient (Wildman–Crippen LogP) is 4.01. The number of carbonyl (C=O) groups excluding carboxylic acids is 1. The van der Waals surface area contributed by atoms with Crippen molar-refractivity contribution in [2.75, 3.05) is 39.4 Å². The lowest BCUT2D eigenvalue weighted by Crippen LogP contribution is -2.38. The minimum absolute atomic E-state index is 0.0751. The molecule has 6 heteroatoms. The van der Waals surface area contributed by atoms with E-state index in [0.29, 0.717) is 17.1 Å². The molecule has 1 amide bonds. The lowest BCUT2D eigenvalue weighted by molar-refractivity contribution is 0.0374. The first kappa shape index (κ1) is 19.8. The molecule has 1 aliphatic rings. The van der Waals surface area contributed by atoms with Gasteiger partial charge in [0.2, 0.25) is 0 Å². The number of hydrogen-bond acceptors (Lipinski definition) is 4. The van der Waals surface area contributed by atoms with Gasteiger partial charge in [0.05, 0.1) is 30.0 Å². The molecule has 0 spiro atoms. The fraction of sp³-hybridized carbons (Fsp3) is 0.304. The summed E-state index contributed by atoms with van der Waals surface area (Å²) in [6.45, 7) is 5.12. The largest absolute Gasteiger partial charge is 0.379 e. The second kappa shape index (κ2) is 9.35. The molecular weight excluding hydrogens is 386 g/mol. The molecule has 0 unspecified atom stereocenters. The summed E-state index contributed by atoms with van der Waals surface area (Å²) in [4.78, 5) is 20.1. The van der Waals surface area contributed by atoms with Crippen LogP contribution in [0.5, 0.6) is 0 Å². The van der Waals surface area contributed by atoms with Crippen molar-refractivity contribution in [2.45, 2.75) is 6.42 Å². The second-order valence-electron chi connectivity index (χ2n) is 7.15. The maximum absolute atomic E-state index is 13.0. The maximum atomic E-state index is 13.0. The number of nitrogens with zero attached hydrogens (tertiary/aromatic N) is 2. The molecule has 1 N–H and O–H groups in total. The average molecular weight is 410 g/mol. The van der Waals surface area contributed by atoms with Gasteiger partial charge < -0.3 is 10.1 Å². The summed E-state index contributed by atoms with van der Waals surface area (Å²) in [5.41, 5.74) is 3.06. The number of ether oxygens (including phenoxy) is 1. The Kier molecular flexibility index (Phi) is 6.39. The van der Waals surface area contributed by atoms with Crippen LogP contribution in [0.2, 0.25) is 5.02 Å². The molecule has 3 aromatic rings. The van der Waals surface area contributed by atoms with E-state index in [0.717, 1.165) is 61.4 Å². The van der Waals surface area contributed by atoms with Crippen molar-refractivity contribution >= 4 is 28.4 Å². The van der Waals surface area contributed by atoms with Gasteiger partial charge in [-0.15, -0.1) is 0 Å². The second-order valence-corrected chi connectivity index (χ2v) is 7.58. The summed E-state index contributed by atoms with van der Waals surface area (Å²) >= 11 is 6.14. The highest BCUT2D eigenvalue weighted by Gasteiger charge is 2.14. The van der Waals surface area contributed by atoms with E-state index in [2.05, 4.69) is 10.2 Å². The van der Waals surface area contributed by atoms with E-state index >= 15 is 0 Å². The van der Waals surface area contributed by atoms with Gasteiger partial charge in [-0.2, -0.15) is 0 Å². The van der Waals surface area contributed by atoms with E-state index < -0.39 is 0 Å². The van der Waals surface area contributed by atoms with Crippen LogP contribution in [0.15, 0.2) is 54.6 Å². The number of benzene rings is 2. The first-order valence-electron chi connectivity index (χ1n) is 9.95. The molecule has 1 aromatic heterocycles. The molecule has 0 saturated carbocycles. The summed E-state index contributed by atoms with van der Waals surface area (Å²) in [5.74, 6) is -0.0751. The van der Waals surface area contributed by atoms with Crippen LogP contribution in [0.1, 0.15) is 16.8 Å². The van der Waals surface area contributed by atoms with Crippen LogP contribution in [0.25, 0.3) is 22.2 Å². The Labute approximate surface area is 175 Å². The van der Waals surface area contributed by atoms with Crippen LogP contribution in [-0.4, -0.2) is 55.2 Å². The van der Waals surface area contributed by atoms with E-state index in [1.165, 1.54) is 0 Å². The molecule has 0 bridgehead atoms. The third-order valence-corrected chi connectivity index (χ3v) is 5.36. The van der Waals surface area contributed by atoms with Crippen LogP contribution in [0.4, 0.5) is 0 Å². The number of rotatable bonds is 6. The highest BCUT2D eigenvalue weighted by molar-refractivity contribution is 6.30. The standard InChI is InChI=1S/C23H24ClN3O2/c24-18-6-3-5-17(15-18)22-16-20(19-7-1-2-8-21(19)26-22)23(28)25-9-4-10-27-11-13-29-14-12-27/h1-3,5-8,15-16H,4,9-14H2,(H,25,28). The van der Waals surface area contributed by atoms with Crippen LogP contribution < -0.4 is 5.32 Å². The minimum Gasteiger partial charge on any atom is -0.379 e. The van der Waals surface area contributed by atoms with Gasteiger partial charge in [-0.3, -0.25) is 9.69 Å². The van der Waals surface area contributed by atoms with Crippen molar-refractivity contribution < 1.29 is 9.53 Å². The molecule has 29 heavy (non-hydrogen) atoms. The van der Waals surface area contributed by atoms with Crippen molar-refractivity contribution in [3.63, 3.8) is 0 Å². The third kappa shape index (κ3) is 4.93. The quantitative estimate of drug-likeness (QED) is 0.625. The van der Waals surface area contributed by atoms with E-state index in [4.69, 9.17) is 21.3 Å². The fourth-order valence-corrected chi connectivity index (χ4v) is 3.77. The minimum atomic E-state index is -0.0751. The third-order valence-electron chi connectivity index (χ3n) is 5.12. The van der Waals surface area contributed by atoms with Crippen molar-refractivity contribution in [2.24, 2.45) is 0 Å². The van der Waals surface area contributed by atoms with Gasteiger partial charge in [0.1, 0.15) is 0 Å². The number of para-hydroxylation sites is 1. The number of carbonyl (C=O) groups is 1. The Morgan fingerprint density at radius 1 is 1.10 bits per heavy atom. The topological polar surface area (TPSA) is 54.5 Å². The number of halogens is 1. The Morgan fingerprint density at radius 2 is 1.93 bits per heavy atom. The number of pyridine rings is 1. The molecule has 4 rings (SSSR count). The first-order chi connectivity index (χ1) is 14.2. The smallest absolute Gasteiger partial charge is 0.252 e. The maximum Gasteiger partial charge on any atom is 0.252 e. The van der Waals surface area contributed by atoms with Gasteiger partial charge in [0, 0.05) is 35.6 Å². The zero-order valence-corrected chi connectivity index (χ0v) is 17.0. The molecule has 2 heterocycles. The summed E-state index contributed by atoms with van der Waals surface area (Å²) in [6, 6.07) is 17.1. The van der Waals surface area contributed by atoms with Crippen LogP contribution >= 0.6 is 11.6 Å². The first-order valence-corrected chi connectivity index (χ1v) is 10.3. The fourth-order valence-electron chi connectivity index (χ4n) is 3.58. The number of aromatic nitrogens is 1. The average Bonchev–Trinajstić information content (AvgIpc) is 2.76. The lowest BCUT2D eigenvalue weighted by Gasteiger charge is -2.26. The molecule has 0 radical (unpaired) electrons. The molecular formula is C23H24ClN3O2. The van der Waals surface area contributed by atoms with Crippen LogP contribution in [-0.2, 0) is 4.74 Å². The molecule has 5 nitrogen and oxygen atoms in total. The molecule has 1 saturated heterocycles. The molecule has 0 aliphatic carbocycles. The van der Waals surface area contributed by atoms with Gasteiger partial charge in [-0.05, 0) is 37.2 Å². The van der Waals surface area contributed by atoms with E-state index in [-0.39, 0.29) is 5.91 Å². The van der Waals surface area contributed by atoms with Gasteiger partial charge in [-0.25, -0.2) is 4.98 Å². The zero-order chi connectivity index (χ0) is 20.1. The predicted molar refractivity (Wildman–Crippen MR) is 116 cm³/mol. The lowest BCUT2D eigenvalue weighted by atomic mass is 10.0. The van der Waals surface area contributed by atoms with E-state index in [1.807, 2.05) is 54.6 Å². The normalized spacial score (nSPS) is 14.8. The van der Waals surface area contributed by atoms with Crippen molar-refractivity contribution in [3.8, 4) is 11.3 Å². The summed E-state index contributed by atoms with van der Waals surface area (Å²) in [7, 11) is 0. The number of amides is 1. The number of nitrogens with one attached hydrogen (secondary N) is 1. The summed E-state index contributed by atoms with van der Waals surface area (Å²) in [5, 5.41) is 4.57. The van der Waals surface area contributed by atoms with Crippen molar-refractivity contribution in [1.82, 2.24) is 15.2 Å². The van der Waals surface area contributed by atoms with Gasteiger partial charge >= 0.3 is 0 Å². The van der Waals surface area contributed by atoms with Gasteiger partial charge in [-0.1, -0.05) is 41.9 Å². The summed E-state index contributed by atoms with van der Waals surface area (Å²) < 4.78 is 5.37.